The van der Waals surface area contributed by atoms with Crippen molar-refractivity contribution >= 4 is 11.6 Å². The molecule has 1 fully saturated rings. The molecule has 2 aromatic carbocycles. The number of rotatable bonds is 4. The van der Waals surface area contributed by atoms with E-state index in [0.29, 0.717) is 32.2 Å². The van der Waals surface area contributed by atoms with Gasteiger partial charge in [0.15, 0.2) is 18.2 Å². The lowest BCUT2D eigenvalue weighted by molar-refractivity contribution is -0.133. The lowest BCUT2D eigenvalue weighted by Crippen LogP contribution is -2.50. The zero-order valence-corrected chi connectivity index (χ0v) is 13.4. The number of amides is 1. The van der Waals surface area contributed by atoms with Crippen LogP contribution in [0.25, 0.3) is 0 Å². The molecule has 0 radical (unpaired) electrons. The lowest BCUT2D eigenvalue weighted by atomic mass is 10.2. The number of hydrogen-bond donors (Lipinski definition) is 0. The number of benzene rings is 2. The second kappa shape index (κ2) is 7.46. The molecule has 1 heterocycles. The van der Waals surface area contributed by atoms with Crippen molar-refractivity contribution in [2.45, 2.75) is 0 Å². The molecule has 0 bridgehead atoms. The summed E-state index contributed by atoms with van der Waals surface area (Å²) in [5, 5.41) is 0. The van der Waals surface area contributed by atoms with Crippen LogP contribution in [-0.2, 0) is 4.79 Å². The van der Waals surface area contributed by atoms with E-state index in [1.165, 1.54) is 12.1 Å². The van der Waals surface area contributed by atoms with E-state index < -0.39 is 11.6 Å². The number of halogens is 3. The molecule has 2 aromatic rings. The Morgan fingerprint density at radius 1 is 0.920 bits per heavy atom. The Hall–Kier alpha value is -2.70. The molecule has 3 rings (SSSR count). The van der Waals surface area contributed by atoms with Crippen molar-refractivity contribution in [1.82, 2.24) is 4.90 Å². The van der Waals surface area contributed by atoms with E-state index in [4.69, 9.17) is 4.74 Å². The summed E-state index contributed by atoms with van der Waals surface area (Å²) in [6, 6.07) is 9.15. The van der Waals surface area contributed by atoms with Crippen LogP contribution in [0.1, 0.15) is 0 Å². The molecule has 4 nitrogen and oxygen atoms in total. The first-order chi connectivity index (χ1) is 12.0. The van der Waals surface area contributed by atoms with Crippen LogP contribution in [0.4, 0.5) is 18.9 Å². The van der Waals surface area contributed by atoms with E-state index in [9.17, 15) is 18.0 Å². The molecule has 1 aliphatic heterocycles. The third-order valence-electron chi connectivity index (χ3n) is 4.07. The van der Waals surface area contributed by atoms with E-state index in [1.807, 2.05) is 0 Å². The van der Waals surface area contributed by atoms with Crippen LogP contribution in [0.15, 0.2) is 42.5 Å². The Morgan fingerprint density at radius 3 is 2.20 bits per heavy atom. The standard InChI is InChI=1S/C18H17F3N2O2/c19-13-1-4-15(5-2-13)22-7-9-23(10-8-22)18(24)12-25-17-6-3-14(20)11-16(17)21/h1-6,11H,7-10,12H2. The largest absolute Gasteiger partial charge is 0.481 e. The summed E-state index contributed by atoms with van der Waals surface area (Å²) in [4.78, 5) is 15.9. The van der Waals surface area contributed by atoms with Crippen LogP contribution in [0.5, 0.6) is 5.75 Å². The molecule has 0 N–H and O–H groups in total. The van der Waals surface area contributed by atoms with Crippen LogP contribution in [0.2, 0.25) is 0 Å². The van der Waals surface area contributed by atoms with Crippen molar-refractivity contribution in [1.29, 1.82) is 0 Å². The second-order valence-corrected chi connectivity index (χ2v) is 5.71. The molecular formula is C18H17F3N2O2. The number of nitrogens with zero attached hydrogens (tertiary/aromatic N) is 2. The quantitative estimate of drug-likeness (QED) is 0.850. The van der Waals surface area contributed by atoms with Crippen molar-refractivity contribution in [2.24, 2.45) is 0 Å². The average molecular weight is 350 g/mol. The zero-order chi connectivity index (χ0) is 17.8. The number of hydrogen-bond acceptors (Lipinski definition) is 3. The van der Waals surface area contributed by atoms with Gasteiger partial charge in [-0.3, -0.25) is 4.79 Å². The summed E-state index contributed by atoms with van der Waals surface area (Å²) in [6.07, 6.45) is 0. The number of piperazine rings is 1. The molecule has 1 saturated heterocycles. The molecule has 0 unspecified atom stereocenters. The molecule has 1 amide bonds. The topological polar surface area (TPSA) is 32.8 Å². The normalized spacial score (nSPS) is 14.5. The van der Waals surface area contributed by atoms with Crippen LogP contribution in [-0.4, -0.2) is 43.6 Å². The Morgan fingerprint density at radius 2 is 1.56 bits per heavy atom. The number of carbonyl (C=O) groups excluding carboxylic acids is 1. The van der Waals surface area contributed by atoms with E-state index >= 15 is 0 Å². The minimum absolute atomic E-state index is 0.153. The molecule has 0 aliphatic carbocycles. The third kappa shape index (κ3) is 4.23. The first-order valence-electron chi connectivity index (χ1n) is 7.89. The summed E-state index contributed by atoms with van der Waals surface area (Å²) >= 11 is 0. The Bertz CT molecular complexity index is 744. The highest BCUT2D eigenvalue weighted by Crippen LogP contribution is 2.19. The van der Waals surface area contributed by atoms with Gasteiger partial charge in [-0.1, -0.05) is 0 Å². The predicted octanol–water partition coefficient (Wildman–Crippen LogP) is 2.83. The van der Waals surface area contributed by atoms with Crippen LogP contribution in [0, 0.1) is 17.5 Å². The van der Waals surface area contributed by atoms with Crippen LogP contribution in [0.3, 0.4) is 0 Å². The van der Waals surface area contributed by atoms with Crippen molar-refractivity contribution in [3.05, 3.63) is 59.9 Å². The molecule has 0 aromatic heterocycles. The first-order valence-corrected chi connectivity index (χ1v) is 7.89. The number of ether oxygens (including phenoxy) is 1. The Labute approximate surface area is 143 Å². The minimum Gasteiger partial charge on any atom is -0.481 e. The van der Waals surface area contributed by atoms with E-state index in [-0.39, 0.29) is 24.1 Å². The van der Waals surface area contributed by atoms with Gasteiger partial charge in [-0.25, -0.2) is 13.2 Å². The van der Waals surface area contributed by atoms with Gasteiger partial charge in [0.2, 0.25) is 0 Å². The molecular weight excluding hydrogens is 333 g/mol. The van der Waals surface area contributed by atoms with Gasteiger partial charge >= 0.3 is 0 Å². The molecule has 1 aliphatic rings. The van der Waals surface area contributed by atoms with Gasteiger partial charge in [0.05, 0.1) is 0 Å². The average Bonchev–Trinajstić information content (AvgIpc) is 2.61. The lowest BCUT2D eigenvalue weighted by Gasteiger charge is -2.36. The van der Waals surface area contributed by atoms with Gasteiger partial charge in [0.25, 0.3) is 5.91 Å². The van der Waals surface area contributed by atoms with E-state index in [2.05, 4.69) is 4.90 Å². The number of anilines is 1. The van der Waals surface area contributed by atoms with Gasteiger partial charge in [0.1, 0.15) is 11.6 Å². The summed E-state index contributed by atoms with van der Waals surface area (Å²) in [7, 11) is 0. The monoisotopic (exact) mass is 350 g/mol. The first kappa shape index (κ1) is 17.1. The highest BCUT2D eigenvalue weighted by molar-refractivity contribution is 5.78. The fourth-order valence-electron chi connectivity index (χ4n) is 2.69. The van der Waals surface area contributed by atoms with Gasteiger partial charge in [-0.2, -0.15) is 0 Å². The fraction of sp³-hybridized carbons (Fsp3) is 0.278. The molecule has 25 heavy (non-hydrogen) atoms. The zero-order valence-electron chi connectivity index (χ0n) is 13.4. The maximum atomic E-state index is 13.5. The van der Waals surface area contributed by atoms with Crippen molar-refractivity contribution in [3.63, 3.8) is 0 Å². The summed E-state index contributed by atoms with van der Waals surface area (Å²) < 4.78 is 44.4. The predicted molar refractivity (Wildman–Crippen MR) is 87.0 cm³/mol. The van der Waals surface area contributed by atoms with E-state index in [1.54, 1.807) is 17.0 Å². The molecule has 0 atom stereocenters. The number of carbonyl (C=O) groups is 1. The smallest absolute Gasteiger partial charge is 0.260 e. The Balaban J connectivity index is 1.50. The summed E-state index contributed by atoms with van der Waals surface area (Å²) in [6.45, 7) is 1.90. The molecule has 0 saturated carbocycles. The highest BCUT2D eigenvalue weighted by Gasteiger charge is 2.22. The maximum absolute atomic E-state index is 13.5. The third-order valence-corrected chi connectivity index (χ3v) is 4.07. The van der Waals surface area contributed by atoms with Gasteiger partial charge < -0.3 is 14.5 Å². The second-order valence-electron chi connectivity index (χ2n) is 5.71. The molecule has 0 spiro atoms. The van der Waals surface area contributed by atoms with Gasteiger partial charge in [-0.15, -0.1) is 0 Å². The van der Waals surface area contributed by atoms with Crippen molar-refractivity contribution < 1.29 is 22.7 Å². The summed E-state index contributed by atoms with van der Waals surface area (Å²) in [5.41, 5.74) is 0.901. The van der Waals surface area contributed by atoms with Crippen LogP contribution < -0.4 is 9.64 Å². The highest BCUT2D eigenvalue weighted by atomic mass is 19.1. The Kier molecular flexibility index (Phi) is 5.11. The van der Waals surface area contributed by atoms with Gasteiger partial charge in [0, 0.05) is 37.9 Å². The fourth-order valence-corrected chi connectivity index (χ4v) is 2.69. The SMILES string of the molecule is O=C(COc1ccc(F)cc1F)N1CCN(c2ccc(F)cc2)CC1. The van der Waals surface area contributed by atoms with Crippen molar-refractivity contribution in [2.75, 3.05) is 37.7 Å². The maximum Gasteiger partial charge on any atom is 0.260 e. The molecule has 132 valence electrons. The summed E-state index contributed by atoms with van der Waals surface area (Å²) in [5.74, 6) is -2.24. The van der Waals surface area contributed by atoms with E-state index in [0.717, 1.165) is 17.8 Å². The molecule has 7 heteroatoms. The van der Waals surface area contributed by atoms with Gasteiger partial charge in [-0.05, 0) is 36.4 Å². The minimum atomic E-state index is -0.839. The van der Waals surface area contributed by atoms with Crippen molar-refractivity contribution in [3.8, 4) is 5.75 Å². The van der Waals surface area contributed by atoms with Crippen LogP contribution >= 0.6 is 0 Å².